The van der Waals surface area contributed by atoms with Crippen LogP contribution in [0.15, 0.2) is 41.5 Å². The van der Waals surface area contributed by atoms with Crippen molar-refractivity contribution in [3.8, 4) is 11.5 Å². The summed E-state index contributed by atoms with van der Waals surface area (Å²) >= 11 is 5.91. The van der Waals surface area contributed by atoms with Gasteiger partial charge >= 0.3 is 0 Å². The van der Waals surface area contributed by atoms with Crippen molar-refractivity contribution < 1.29 is 19.1 Å². The van der Waals surface area contributed by atoms with E-state index in [2.05, 4.69) is 10.3 Å². The number of hydrogen-bond acceptors (Lipinski definition) is 6. The number of nitrogens with zero attached hydrogens (tertiary/aromatic N) is 2. The van der Waals surface area contributed by atoms with Gasteiger partial charge in [0.15, 0.2) is 17.3 Å². The Morgan fingerprint density at radius 1 is 1.21 bits per heavy atom. The Labute approximate surface area is 163 Å². The lowest BCUT2D eigenvalue weighted by atomic mass is 10.1. The number of anilines is 1. The first-order valence-electron chi connectivity index (χ1n) is 8.31. The van der Waals surface area contributed by atoms with Gasteiger partial charge < -0.3 is 14.8 Å². The highest BCUT2D eigenvalue weighted by Crippen LogP contribution is 2.37. The molecule has 1 amide bonds. The zero-order valence-corrected chi connectivity index (χ0v) is 15.4. The van der Waals surface area contributed by atoms with Gasteiger partial charge in [-0.15, -0.1) is 0 Å². The highest BCUT2D eigenvalue weighted by Gasteiger charge is 2.20. The van der Waals surface area contributed by atoms with E-state index in [0.29, 0.717) is 27.4 Å². The van der Waals surface area contributed by atoms with Gasteiger partial charge in [0.1, 0.15) is 6.54 Å². The second kappa shape index (κ2) is 6.97. The van der Waals surface area contributed by atoms with E-state index in [1.165, 1.54) is 30.0 Å². The molecule has 9 heteroatoms. The largest absolute Gasteiger partial charge is 0.454 e. The molecule has 0 radical (unpaired) electrons. The van der Waals surface area contributed by atoms with Gasteiger partial charge in [0.05, 0.1) is 22.9 Å². The Morgan fingerprint density at radius 3 is 2.71 bits per heavy atom. The number of benzene rings is 2. The third-order valence-electron chi connectivity index (χ3n) is 4.27. The van der Waals surface area contributed by atoms with Crippen LogP contribution in [-0.4, -0.2) is 28.0 Å². The predicted octanol–water partition coefficient (Wildman–Crippen LogP) is 2.62. The summed E-state index contributed by atoms with van der Waals surface area (Å²) in [7, 11) is 0. The number of carbonyl (C=O) groups excluding carboxylic acids is 2. The van der Waals surface area contributed by atoms with Crippen molar-refractivity contribution >= 4 is 39.9 Å². The summed E-state index contributed by atoms with van der Waals surface area (Å²) in [4.78, 5) is 41.1. The number of rotatable bonds is 4. The first kappa shape index (κ1) is 18.0. The van der Waals surface area contributed by atoms with Crippen molar-refractivity contribution in [1.82, 2.24) is 9.55 Å². The number of fused-ring (bicyclic) bond motifs is 2. The van der Waals surface area contributed by atoms with Gasteiger partial charge in [-0.2, -0.15) is 0 Å². The predicted molar refractivity (Wildman–Crippen MR) is 102 cm³/mol. The second-order valence-corrected chi connectivity index (χ2v) is 6.63. The highest BCUT2D eigenvalue weighted by atomic mass is 35.5. The molecule has 0 fully saturated rings. The number of hydrogen-bond donors (Lipinski definition) is 1. The Morgan fingerprint density at radius 2 is 1.96 bits per heavy atom. The fourth-order valence-corrected chi connectivity index (χ4v) is 3.09. The Kier molecular flexibility index (Phi) is 4.48. The number of amides is 1. The topological polar surface area (TPSA) is 99.5 Å². The molecule has 2 heterocycles. The molecule has 2 aromatic carbocycles. The maximum atomic E-state index is 12.6. The molecule has 0 saturated heterocycles. The molecule has 0 saturated carbocycles. The number of Topliss-reactive ketones (excluding diaryl/α,β-unsaturated/α-hetero) is 1. The second-order valence-electron chi connectivity index (χ2n) is 6.19. The molecule has 1 N–H and O–H groups in total. The van der Waals surface area contributed by atoms with Gasteiger partial charge in [-0.3, -0.25) is 19.0 Å². The molecule has 4 rings (SSSR count). The number of ether oxygens (including phenoxy) is 2. The summed E-state index contributed by atoms with van der Waals surface area (Å²) in [5.41, 5.74) is 0.657. The number of ketones is 1. The van der Waals surface area contributed by atoms with Crippen LogP contribution in [0, 0.1) is 0 Å². The third kappa shape index (κ3) is 3.29. The average Bonchev–Trinajstić information content (AvgIpc) is 3.10. The first-order chi connectivity index (χ1) is 13.4. The lowest BCUT2D eigenvalue weighted by molar-refractivity contribution is -0.116. The van der Waals surface area contributed by atoms with Gasteiger partial charge in [-0.1, -0.05) is 11.6 Å². The van der Waals surface area contributed by atoms with Gasteiger partial charge in [-0.25, -0.2) is 4.98 Å². The van der Waals surface area contributed by atoms with E-state index in [1.807, 2.05) is 0 Å². The molecule has 1 aliphatic heterocycles. The van der Waals surface area contributed by atoms with Crippen molar-refractivity contribution in [3.05, 3.63) is 57.6 Å². The van der Waals surface area contributed by atoms with Crippen LogP contribution in [0.4, 0.5) is 5.69 Å². The minimum atomic E-state index is -0.487. The molecule has 3 aromatic rings. The molecule has 0 atom stereocenters. The molecule has 28 heavy (non-hydrogen) atoms. The van der Waals surface area contributed by atoms with E-state index in [-0.39, 0.29) is 35.9 Å². The van der Waals surface area contributed by atoms with Gasteiger partial charge in [0.25, 0.3) is 5.56 Å². The van der Waals surface area contributed by atoms with E-state index in [0.717, 1.165) is 0 Å². The van der Waals surface area contributed by atoms with Crippen molar-refractivity contribution in [2.75, 3.05) is 12.1 Å². The Balaban J connectivity index is 1.61. The number of carbonyl (C=O) groups is 2. The summed E-state index contributed by atoms with van der Waals surface area (Å²) in [6.07, 6.45) is 1.28. The van der Waals surface area contributed by atoms with E-state index in [4.69, 9.17) is 21.1 Å². The van der Waals surface area contributed by atoms with Gasteiger partial charge in [-0.05, 0) is 31.2 Å². The van der Waals surface area contributed by atoms with E-state index < -0.39 is 5.91 Å². The quantitative estimate of drug-likeness (QED) is 0.677. The standard InChI is InChI=1S/C19H14ClN3O5/c1-10(24)13-5-16-17(28-9-27-16)6-15(13)22-18(25)7-23-8-21-14-4-11(20)2-3-12(14)19(23)26/h2-6,8H,7,9H2,1H3,(H,22,25). The van der Waals surface area contributed by atoms with Crippen LogP contribution in [-0.2, 0) is 11.3 Å². The molecule has 1 aromatic heterocycles. The zero-order valence-electron chi connectivity index (χ0n) is 14.7. The van der Waals surface area contributed by atoms with E-state index >= 15 is 0 Å². The number of halogens is 1. The first-order valence-corrected chi connectivity index (χ1v) is 8.69. The summed E-state index contributed by atoms with van der Waals surface area (Å²) in [5, 5.41) is 3.47. The van der Waals surface area contributed by atoms with Crippen LogP contribution in [0.1, 0.15) is 17.3 Å². The maximum Gasteiger partial charge on any atom is 0.261 e. The molecule has 0 aliphatic carbocycles. The third-order valence-corrected chi connectivity index (χ3v) is 4.50. The Bertz CT molecular complexity index is 1190. The molecular formula is C19H14ClN3O5. The fraction of sp³-hybridized carbons (Fsp3) is 0.158. The smallest absolute Gasteiger partial charge is 0.261 e. The normalized spacial score (nSPS) is 12.2. The lowest BCUT2D eigenvalue weighted by Gasteiger charge is -2.11. The monoisotopic (exact) mass is 399 g/mol. The number of nitrogens with one attached hydrogen (secondary N) is 1. The van der Waals surface area contributed by atoms with Crippen LogP contribution in [0.5, 0.6) is 11.5 Å². The lowest BCUT2D eigenvalue weighted by Crippen LogP contribution is -2.28. The minimum absolute atomic E-state index is 0.0479. The molecule has 8 nitrogen and oxygen atoms in total. The molecular weight excluding hydrogens is 386 g/mol. The van der Waals surface area contributed by atoms with Gasteiger partial charge in [0.2, 0.25) is 12.7 Å². The maximum absolute atomic E-state index is 12.6. The van der Waals surface area contributed by atoms with Crippen LogP contribution in [0.25, 0.3) is 10.9 Å². The minimum Gasteiger partial charge on any atom is -0.454 e. The van der Waals surface area contributed by atoms with E-state index in [1.54, 1.807) is 18.2 Å². The average molecular weight is 400 g/mol. The van der Waals surface area contributed by atoms with Crippen molar-refractivity contribution in [2.24, 2.45) is 0 Å². The van der Waals surface area contributed by atoms with Crippen LogP contribution >= 0.6 is 11.6 Å². The van der Waals surface area contributed by atoms with Gasteiger partial charge in [0, 0.05) is 16.7 Å². The fourth-order valence-electron chi connectivity index (χ4n) is 2.93. The van der Waals surface area contributed by atoms with Crippen molar-refractivity contribution in [1.29, 1.82) is 0 Å². The van der Waals surface area contributed by atoms with Crippen LogP contribution < -0.4 is 20.3 Å². The summed E-state index contributed by atoms with van der Waals surface area (Å²) in [5.74, 6) is 0.145. The molecule has 0 spiro atoms. The Hall–Kier alpha value is -3.39. The molecule has 0 bridgehead atoms. The van der Waals surface area contributed by atoms with Crippen LogP contribution in [0.2, 0.25) is 5.02 Å². The summed E-state index contributed by atoms with van der Waals surface area (Å²) < 4.78 is 11.7. The SMILES string of the molecule is CC(=O)c1cc2c(cc1NC(=O)Cn1cnc3cc(Cl)ccc3c1=O)OCO2. The molecule has 0 unspecified atom stereocenters. The summed E-state index contributed by atoms with van der Waals surface area (Å²) in [6, 6.07) is 7.78. The molecule has 1 aliphatic rings. The van der Waals surface area contributed by atoms with Crippen molar-refractivity contribution in [3.63, 3.8) is 0 Å². The highest BCUT2D eigenvalue weighted by molar-refractivity contribution is 6.31. The van der Waals surface area contributed by atoms with Crippen LogP contribution in [0.3, 0.4) is 0 Å². The zero-order chi connectivity index (χ0) is 19.8. The summed E-state index contributed by atoms with van der Waals surface area (Å²) in [6.45, 7) is 1.17. The number of aromatic nitrogens is 2. The van der Waals surface area contributed by atoms with Crippen molar-refractivity contribution in [2.45, 2.75) is 13.5 Å². The molecule has 142 valence electrons. The van der Waals surface area contributed by atoms with E-state index in [9.17, 15) is 14.4 Å².